The minimum Gasteiger partial charge on any atom is -0.377 e. The molecule has 2 aromatic heterocycles. The Morgan fingerprint density at radius 2 is 0.794 bits per heavy atom. The van der Waals surface area contributed by atoms with E-state index in [9.17, 15) is 0 Å². The second-order valence-electron chi connectivity index (χ2n) is 19.6. The molecule has 0 unspecified atom stereocenters. The molecule has 0 aliphatic carbocycles. The van der Waals surface area contributed by atoms with Crippen LogP contribution in [0.5, 0.6) is 0 Å². The van der Waals surface area contributed by atoms with Crippen LogP contribution in [0.4, 0.5) is 0 Å². The third-order valence-corrected chi connectivity index (χ3v) is 12.6. The molecule has 4 aromatic carbocycles. The summed E-state index contributed by atoms with van der Waals surface area (Å²) in [6, 6.07) is 37.7. The molecule has 6 rings (SSSR count). The van der Waals surface area contributed by atoms with E-state index >= 15 is 0 Å². The van der Waals surface area contributed by atoms with E-state index in [0.717, 1.165) is 104 Å². The van der Waals surface area contributed by atoms with Crippen molar-refractivity contribution >= 4 is 16.1 Å². The van der Waals surface area contributed by atoms with Gasteiger partial charge in [0.05, 0.1) is 24.6 Å². The first-order valence-corrected chi connectivity index (χ1v) is 31.5. The lowest BCUT2D eigenvalue weighted by Gasteiger charge is -2.10. The van der Waals surface area contributed by atoms with Gasteiger partial charge in [-0.3, -0.25) is 9.97 Å². The highest BCUT2D eigenvalue weighted by atomic mass is 28.3. The smallest absolute Gasteiger partial charge is 0.129 e. The Balaban J connectivity index is 1.23. The van der Waals surface area contributed by atoms with Gasteiger partial charge in [-0.15, -0.1) is 11.1 Å². The molecule has 346 valence electrons. The summed E-state index contributed by atoms with van der Waals surface area (Å²) in [7, 11) is -2.98. The first-order valence-electron chi connectivity index (χ1n) is 24.5. The summed E-state index contributed by atoms with van der Waals surface area (Å²) < 4.78 is 12.3. The number of rotatable bonds is 17. The molecule has 0 amide bonds. The zero-order valence-corrected chi connectivity index (χ0v) is 43.7. The lowest BCUT2D eigenvalue weighted by atomic mass is 10.00. The molecule has 4 nitrogen and oxygen atoms in total. The highest BCUT2D eigenvalue weighted by Gasteiger charge is 2.11. The Morgan fingerprint density at radius 1 is 0.397 bits per heavy atom. The molecule has 0 atom stereocenters. The molecule has 0 spiro atoms. The minimum atomic E-state index is -1.49. The van der Waals surface area contributed by atoms with Gasteiger partial charge in [-0.05, 0) is 120 Å². The number of ether oxygens (including phenoxy) is 2. The summed E-state index contributed by atoms with van der Waals surface area (Å²) in [6.07, 6.45) is 13.3. The quantitative estimate of drug-likeness (QED) is 0.0519. The predicted molar refractivity (Wildman–Crippen MR) is 291 cm³/mol. The second kappa shape index (κ2) is 25.8. The van der Waals surface area contributed by atoms with E-state index in [0.29, 0.717) is 13.2 Å². The van der Waals surface area contributed by atoms with Crippen molar-refractivity contribution in [3.05, 3.63) is 166 Å². The van der Waals surface area contributed by atoms with Crippen molar-refractivity contribution in [2.75, 3.05) is 13.2 Å². The van der Waals surface area contributed by atoms with Crippen molar-refractivity contribution in [1.82, 2.24) is 9.97 Å². The molecule has 0 bridgehead atoms. The molecule has 0 N–H and O–H groups in total. The number of hydrogen-bond acceptors (Lipinski definition) is 4. The SMILES string of the molecule is CCCCCCOCc1cc(C#Cc2cccc(C#C[Si](C)(C)C)c2)cc(-c2ccc(-c3ccc(-c4cc(C#Cc5cccc(C#C[Si](C)(C)C)c5)cc(COCCCCCC)c4)cn3)nc2)c1. The highest BCUT2D eigenvalue weighted by molar-refractivity contribution is 6.84. The van der Waals surface area contributed by atoms with Gasteiger partial charge in [0.15, 0.2) is 0 Å². The van der Waals surface area contributed by atoms with E-state index in [1.807, 2.05) is 48.8 Å². The highest BCUT2D eigenvalue weighted by Crippen LogP contribution is 2.28. The predicted octanol–water partition coefficient (Wildman–Crippen LogP) is 14.9. The molecule has 68 heavy (non-hydrogen) atoms. The second-order valence-corrected chi connectivity index (χ2v) is 29.1. The molecule has 6 aromatic rings. The molecule has 0 saturated carbocycles. The third-order valence-electron chi connectivity index (χ3n) is 10.9. The van der Waals surface area contributed by atoms with Gasteiger partial charge in [0, 0.05) is 70.1 Å². The van der Waals surface area contributed by atoms with E-state index in [1.165, 1.54) is 38.5 Å². The number of unbranched alkanes of at least 4 members (excludes halogenated alkanes) is 6. The molecule has 0 radical (unpaired) electrons. The van der Waals surface area contributed by atoms with Gasteiger partial charge in [-0.1, -0.05) is 151 Å². The molecule has 6 heteroatoms. The van der Waals surface area contributed by atoms with Crippen LogP contribution in [0.25, 0.3) is 33.6 Å². The Labute approximate surface area is 410 Å². The first kappa shape index (κ1) is 51.2. The van der Waals surface area contributed by atoms with E-state index in [4.69, 9.17) is 19.4 Å². The van der Waals surface area contributed by atoms with Crippen LogP contribution in [-0.4, -0.2) is 39.3 Å². The van der Waals surface area contributed by atoms with Crippen LogP contribution in [0.15, 0.2) is 122 Å². The summed E-state index contributed by atoms with van der Waals surface area (Å²) in [4.78, 5) is 9.84. The van der Waals surface area contributed by atoms with Crippen LogP contribution in [0.2, 0.25) is 39.3 Å². The minimum absolute atomic E-state index is 0.531. The van der Waals surface area contributed by atoms with Gasteiger partial charge in [0.2, 0.25) is 0 Å². The fourth-order valence-electron chi connectivity index (χ4n) is 7.26. The fraction of sp³-hybridized carbons (Fsp3) is 0.323. The summed E-state index contributed by atoms with van der Waals surface area (Å²) >= 11 is 0. The Morgan fingerprint density at radius 3 is 1.16 bits per heavy atom. The summed E-state index contributed by atoms with van der Waals surface area (Å²) in [5, 5.41) is 0. The maximum atomic E-state index is 6.16. The summed E-state index contributed by atoms with van der Waals surface area (Å²) in [6.45, 7) is 20.6. The average molecular weight is 929 g/mol. The van der Waals surface area contributed by atoms with Crippen LogP contribution in [0.3, 0.4) is 0 Å². The van der Waals surface area contributed by atoms with Crippen LogP contribution >= 0.6 is 0 Å². The maximum Gasteiger partial charge on any atom is 0.129 e. The molecular formula is C62H68N2O2Si2. The summed E-state index contributed by atoms with van der Waals surface area (Å²) in [5.41, 5.74) is 20.6. The molecule has 0 aliphatic heterocycles. The van der Waals surface area contributed by atoms with E-state index in [-0.39, 0.29) is 0 Å². The van der Waals surface area contributed by atoms with E-state index in [1.54, 1.807) is 0 Å². The van der Waals surface area contributed by atoms with Crippen molar-refractivity contribution in [1.29, 1.82) is 0 Å². The number of benzene rings is 4. The summed E-state index contributed by atoms with van der Waals surface area (Å²) in [5.74, 6) is 20.4. The Bertz CT molecular complexity index is 2660. The first-order chi connectivity index (χ1) is 32.8. The van der Waals surface area contributed by atoms with Gasteiger partial charge in [0.1, 0.15) is 16.1 Å². The van der Waals surface area contributed by atoms with E-state index in [2.05, 4.69) is 173 Å². The average Bonchev–Trinajstić information content (AvgIpc) is 3.33. The van der Waals surface area contributed by atoms with E-state index < -0.39 is 16.1 Å². The Kier molecular flexibility index (Phi) is 19.4. The standard InChI is InChI=1S/C62H68N2O2Si2/c1-9-11-13-15-33-65-47-55-39-53(25-23-49-19-17-21-51(37-49)31-35-67(3,4)5)41-59(43-55)57-27-29-61(63-45-57)62-30-28-58(46-64-62)60-42-54(40-56(44-60)48-66-34-16-14-12-10-2)26-24-50-20-18-22-52(38-50)32-36-68(6,7)8/h17-22,27-30,37-46H,9-16,33-34,47-48H2,1-8H3. The van der Waals surface area contributed by atoms with Gasteiger partial charge in [0.25, 0.3) is 0 Å². The molecule has 0 fully saturated rings. The number of nitrogens with zero attached hydrogens (tertiary/aromatic N) is 2. The van der Waals surface area contributed by atoms with Crippen LogP contribution < -0.4 is 0 Å². The van der Waals surface area contributed by atoms with Gasteiger partial charge >= 0.3 is 0 Å². The molecule has 2 heterocycles. The Hall–Kier alpha value is -6.23. The molecule has 0 aliphatic rings. The lowest BCUT2D eigenvalue weighted by Crippen LogP contribution is -2.16. The topological polar surface area (TPSA) is 44.2 Å². The normalized spacial score (nSPS) is 11.0. The molecule has 0 saturated heterocycles. The van der Waals surface area contributed by atoms with Crippen molar-refractivity contribution in [2.24, 2.45) is 0 Å². The van der Waals surface area contributed by atoms with Gasteiger partial charge in [-0.25, -0.2) is 0 Å². The van der Waals surface area contributed by atoms with Gasteiger partial charge in [-0.2, -0.15) is 0 Å². The maximum absolute atomic E-state index is 6.16. The van der Waals surface area contributed by atoms with Crippen LogP contribution in [-0.2, 0) is 22.7 Å². The fourth-order valence-corrected chi connectivity index (χ4v) is 8.30. The largest absolute Gasteiger partial charge is 0.377 e. The van der Waals surface area contributed by atoms with Gasteiger partial charge < -0.3 is 9.47 Å². The van der Waals surface area contributed by atoms with Crippen LogP contribution in [0, 0.1) is 46.6 Å². The number of aromatic nitrogens is 2. The number of pyridine rings is 2. The lowest BCUT2D eigenvalue weighted by molar-refractivity contribution is 0.117. The van der Waals surface area contributed by atoms with Crippen molar-refractivity contribution < 1.29 is 9.47 Å². The number of hydrogen-bond donors (Lipinski definition) is 0. The third kappa shape index (κ3) is 17.8. The van der Waals surface area contributed by atoms with Crippen LogP contribution in [0.1, 0.15) is 110 Å². The van der Waals surface area contributed by atoms with Crippen molar-refractivity contribution in [2.45, 2.75) is 118 Å². The molecular weight excluding hydrogens is 861 g/mol. The van der Waals surface area contributed by atoms with Crippen molar-refractivity contribution in [3.8, 4) is 80.3 Å². The zero-order chi connectivity index (χ0) is 48.2. The van der Waals surface area contributed by atoms with Crippen molar-refractivity contribution in [3.63, 3.8) is 0 Å². The monoisotopic (exact) mass is 928 g/mol. The zero-order valence-electron chi connectivity index (χ0n) is 41.7.